The number of hydrogen-bond donors (Lipinski definition) is 1. The molecular formula is C9H18F2N2O2. The molecular weight excluding hydrogens is 206 g/mol. The van der Waals surface area contributed by atoms with Gasteiger partial charge in [-0.1, -0.05) is 0 Å². The molecule has 0 aromatic carbocycles. The third-order valence-corrected chi connectivity index (χ3v) is 1.95. The van der Waals surface area contributed by atoms with E-state index < -0.39 is 13.0 Å². The highest BCUT2D eigenvalue weighted by Crippen LogP contribution is 2.00. The van der Waals surface area contributed by atoms with E-state index in [-0.39, 0.29) is 32.0 Å². The molecule has 0 spiro atoms. The van der Waals surface area contributed by atoms with Gasteiger partial charge in [-0.3, -0.25) is 9.69 Å². The van der Waals surface area contributed by atoms with Crippen LogP contribution in [0.2, 0.25) is 0 Å². The van der Waals surface area contributed by atoms with Crippen molar-refractivity contribution < 1.29 is 18.7 Å². The van der Waals surface area contributed by atoms with Crippen molar-refractivity contribution in [3.8, 4) is 0 Å². The maximum Gasteiger partial charge on any atom is 0.251 e. The van der Waals surface area contributed by atoms with Gasteiger partial charge in [0.25, 0.3) is 6.43 Å². The average Bonchev–Trinajstić information content (AvgIpc) is 2.13. The second kappa shape index (κ2) is 7.53. The zero-order chi connectivity index (χ0) is 11.8. The molecule has 0 fully saturated rings. The summed E-state index contributed by atoms with van der Waals surface area (Å²) < 4.78 is 24.1. The zero-order valence-electron chi connectivity index (χ0n) is 9.12. The molecule has 0 bridgehead atoms. The molecule has 15 heavy (non-hydrogen) atoms. The van der Waals surface area contributed by atoms with Gasteiger partial charge in [0, 0.05) is 33.6 Å². The van der Waals surface area contributed by atoms with E-state index in [1.807, 2.05) is 0 Å². The lowest BCUT2D eigenvalue weighted by Crippen LogP contribution is -2.35. The van der Waals surface area contributed by atoms with E-state index in [9.17, 15) is 13.6 Å². The number of aliphatic hydroxyl groups is 1. The van der Waals surface area contributed by atoms with E-state index in [1.165, 1.54) is 9.80 Å². The highest BCUT2D eigenvalue weighted by molar-refractivity contribution is 5.75. The monoisotopic (exact) mass is 224 g/mol. The van der Waals surface area contributed by atoms with E-state index in [0.717, 1.165) is 0 Å². The molecule has 0 aliphatic heterocycles. The molecule has 0 rings (SSSR count). The van der Waals surface area contributed by atoms with Gasteiger partial charge in [-0.05, 0) is 0 Å². The smallest absolute Gasteiger partial charge is 0.251 e. The first kappa shape index (κ1) is 14.2. The lowest BCUT2D eigenvalue weighted by Gasteiger charge is -2.21. The molecule has 0 atom stereocenters. The van der Waals surface area contributed by atoms with E-state index in [4.69, 9.17) is 5.11 Å². The van der Waals surface area contributed by atoms with Crippen LogP contribution in [0, 0.1) is 0 Å². The van der Waals surface area contributed by atoms with Crippen LogP contribution >= 0.6 is 0 Å². The van der Waals surface area contributed by atoms with Gasteiger partial charge in [0.15, 0.2) is 0 Å². The predicted octanol–water partition coefficient (Wildman–Crippen LogP) is 0.0241. The number of carbonyl (C=O) groups is 1. The van der Waals surface area contributed by atoms with Crippen molar-refractivity contribution >= 4 is 5.91 Å². The normalized spacial score (nSPS) is 11.1. The first-order chi connectivity index (χ1) is 6.97. The zero-order valence-corrected chi connectivity index (χ0v) is 9.12. The Morgan fingerprint density at radius 3 is 2.33 bits per heavy atom. The summed E-state index contributed by atoms with van der Waals surface area (Å²) >= 11 is 0. The van der Waals surface area contributed by atoms with Gasteiger partial charge >= 0.3 is 0 Å². The summed E-state index contributed by atoms with van der Waals surface area (Å²) in [6.45, 7) is -0.156. The Bertz CT molecular complexity index is 189. The highest BCUT2D eigenvalue weighted by atomic mass is 19.3. The first-order valence-corrected chi connectivity index (χ1v) is 4.79. The fourth-order valence-electron chi connectivity index (χ4n) is 1.11. The van der Waals surface area contributed by atoms with Crippen molar-refractivity contribution in [3.05, 3.63) is 0 Å². The Labute approximate surface area is 88.5 Å². The van der Waals surface area contributed by atoms with Crippen LogP contribution in [0.3, 0.4) is 0 Å². The Morgan fingerprint density at radius 2 is 1.93 bits per heavy atom. The number of nitrogens with zero attached hydrogens (tertiary/aromatic N) is 2. The van der Waals surface area contributed by atoms with Gasteiger partial charge in [-0.25, -0.2) is 8.78 Å². The molecule has 4 nitrogen and oxygen atoms in total. The van der Waals surface area contributed by atoms with Crippen LogP contribution in [0.15, 0.2) is 0 Å². The summed E-state index contributed by atoms with van der Waals surface area (Å²) in [5, 5.41) is 8.64. The second-order valence-electron chi connectivity index (χ2n) is 3.45. The number of aliphatic hydroxyl groups excluding tert-OH is 1. The third kappa shape index (κ3) is 7.21. The van der Waals surface area contributed by atoms with E-state index in [0.29, 0.717) is 0 Å². The standard InChI is InChI=1S/C9H18F2N2O2/c1-12(2)9(15)3-4-13(5-6-14)7-8(10)11/h8,14H,3-7H2,1-2H3. The van der Waals surface area contributed by atoms with Crippen LogP contribution < -0.4 is 0 Å². The molecule has 0 saturated carbocycles. The molecule has 0 radical (unpaired) electrons. The third-order valence-electron chi connectivity index (χ3n) is 1.95. The van der Waals surface area contributed by atoms with Crippen LogP contribution in [0.1, 0.15) is 6.42 Å². The average molecular weight is 224 g/mol. The number of hydrogen-bond acceptors (Lipinski definition) is 3. The summed E-state index contributed by atoms with van der Waals surface area (Å²) in [6, 6.07) is 0. The van der Waals surface area contributed by atoms with Crippen molar-refractivity contribution in [2.45, 2.75) is 12.8 Å². The van der Waals surface area contributed by atoms with Gasteiger partial charge in [0.2, 0.25) is 5.91 Å². The molecule has 0 aliphatic rings. The Morgan fingerprint density at radius 1 is 1.33 bits per heavy atom. The highest BCUT2D eigenvalue weighted by Gasteiger charge is 2.13. The van der Waals surface area contributed by atoms with Crippen LogP contribution in [0.4, 0.5) is 8.78 Å². The van der Waals surface area contributed by atoms with Crippen LogP contribution in [0.25, 0.3) is 0 Å². The molecule has 0 unspecified atom stereocenters. The summed E-state index contributed by atoms with van der Waals surface area (Å²) in [5.41, 5.74) is 0. The minimum atomic E-state index is -2.44. The molecule has 0 aliphatic carbocycles. The van der Waals surface area contributed by atoms with Crippen molar-refractivity contribution in [2.24, 2.45) is 0 Å². The van der Waals surface area contributed by atoms with E-state index in [1.54, 1.807) is 14.1 Å². The first-order valence-electron chi connectivity index (χ1n) is 4.79. The van der Waals surface area contributed by atoms with Gasteiger partial charge in [0.1, 0.15) is 0 Å². The van der Waals surface area contributed by atoms with Crippen molar-refractivity contribution in [2.75, 3.05) is 40.3 Å². The minimum Gasteiger partial charge on any atom is -0.395 e. The van der Waals surface area contributed by atoms with Crippen LogP contribution in [0.5, 0.6) is 0 Å². The second-order valence-corrected chi connectivity index (χ2v) is 3.45. The molecule has 0 heterocycles. The van der Waals surface area contributed by atoms with Gasteiger partial charge < -0.3 is 10.0 Å². The van der Waals surface area contributed by atoms with Crippen LogP contribution in [-0.2, 0) is 4.79 Å². The summed E-state index contributed by atoms with van der Waals surface area (Å²) in [6.07, 6.45) is -2.24. The van der Waals surface area contributed by atoms with Gasteiger partial charge in [-0.15, -0.1) is 0 Å². The number of alkyl halides is 2. The Hall–Kier alpha value is -0.750. The minimum absolute atomic E-state index is 0.104. The Balaban J connectivity index is 3.89. The Kier molecular flexibility index (Phi) is 7.15. The topological polar surface area (TPSA) is 43.8 Å². The molecule has 0 aromatic rings. The molecule has 0 aromatic heterocycles. The van der Waals surface area contributed by atoms with E-state index in [2.05, 4.69) is 0 Å². The number of halogens is 2. The maximum atomic E-state index is 12.1. The summed E-state index contributed by atoms with van der Waals surface area (Å²) in [4.78, 5) is 14.0. The fourth-order valence-corrected chi connectivity index (χ4v) is 1.11. The van der Waals surface area contributed by atoms with E-state index >= 15 is 0 Å². The fraction of sp³-hybridized carbons (Fsp3) is 0.889. The number of rotatable bonds is 7. The van der Waals surface area contributed by atoms with Gasteiger partial charge in [0.05, 0.1) is 13.2 Å². The van der Waals surface area contributed by atoms with Crippen molar-refractivity contribution in [1.29, 1.82) is 0 Å². The lowest BCUT2D eigenvalue weighted by atomic mass is 10.3. The van der Waals surface area contributed by atoms with Crippen molar-refractivity contribution in [1.82, 2.24) is 9.80 Å². The maximum absolute atomic E-state index is 12.1. The largest absolute Gasteiger partial charge is 0.395 e. The number of amides is 1. The summed E-state index contributed by atoms with van der Waals surface area (Å²) in [5.74, 6) is -0.104. The summed E-state index contributed by atoms with van der Waals surface area (Å²) in [7, 11) is 3.23. The van der Waals surface area contributed by atoms with Crippen molar-refractivity contribution in [3.63, 3.8) is 0 Å². The van der Waals surface area contributed by atoms with Crippen LogP contribution in [-0.4, -0.2) is 67.6 Å². The molecule has 0 saturated heterocycles. The quantitative estimate of drug-likeness (QED) is 0.663. The predicted molar refractivity (Wildman–Crippen MR) is 52.8 cm³/mol. The molecule has 90 valence electrons. The SMILES string of the molecule is CN(C)C(=O)CCN(CCO)CC(F)F. The molecule has 1 amide bonds. The molecule has 6 heteroatoms. The van der Waals surface area contributed by atoms with Gasteiger partial charge in [-0.2, -0.15) is 0 Å². The lowest BCUT2D eigenvalue weighted by molar-refractivity contribution is -0.129. The molecule has 1 N–H and O–H groups in total. The number of carbonyl (C=O) groups excluding carboxylic acids is 1.